The number of halogens is 2. The van der Waals surface area contributed by atoms with Gasteiger partial charge in [0.2, 0.25) is 0 Å². The van der Waals surface area contributed by atoms with E-state index in [1.807, 2.05) is 0 Å². The van der Waals surface area contributed by atoms with Gasteiger partial charge in [-0.3, -0.25) is 0 Å². The molecule has 0 aliphatic carbocycles. The summed E-state index contributed by atoms with van der Waals surface area (Å²) in [5.41, 5.74) is 4.51. The molecule has 0 fully saturated rings. The fourth-order valence-electron chi connectivity index (χ4n) is 1.22. The zero-order chi connectivity index (χ0) is 13.1. The van der Waals surface area contributed by atoms with E-state index in [1.165, 1.54) is 6.07 Å². The summed E-state index contributed by atoms with van der Waals surface area (Å²) >= 11 is 5.59. The van der Waals surface area contributed by atoms with Crippen LogP contribution in [-0.4, -0.2) is 40.7 Å². The third-order valence-corrected chi connectivity index (χ3v) is 2.69. The van der Waals surface area contributed by atoms with Crippen molar-refractivity contribution in [2.24, 2.45) is 0 Å². The molecular weight excluding hydrogens is 251 g/mol. The van der Waals surface area contributed by atoms with E-state index in [0.717, 1.165) is 6.07 Å². The number of anilines is 2. The molecule has 6 N–H and O–H groups in total. The van der Waals surface area contributed by atoms with Crippen LogP contribution in [0.2, 0.25) is 5.02 Å². The first-order valence-corrected chi connectivity index (χ1v) is 5.21. The Hall–Kier alpha value is -1.08. The van der Waals surface area contributed by atoms with Crippen molar-refractivity contribution in [1.29, 1.82) is 0 Å². The minimum Gasteiger partial charge on any atom is -0.397 e. The molecule has 0 saturated carbocycles. The molecule has 0 aliphatic rings. The molecule has 0 amide bonds. The maximum atomic E-state index is 13.1. The van der Waals surface area contributed by atoms with Gasteiger partial charge in [0.1, 0.15) is 11.4 Å². The van der Waals surface area contributed by atoms with E-state index in [-0.39, 0.29) is 16.4 Å². The number of nitrogen functional groups attached to an aromatic ring is 1. The number of hydrogen-bond donors (Lipinski definition) is 5. The number of nitrogens with two attached hydrogens (primary N) is 1. The van der Waals surface area contributed by atoms with E-state index >= 15 is 0 Å². The third-order valence-electron chi connectivity index (χ3n) is 2.40. The number of nitrogens with one attached hydrogen (secondary N) is 1. The van der Waals surface area contributed by atoms with Gasteiger partial charge in [-0.1, -0.05) is 11.6 Å². The van der Waals surface area contributed by atoms with E-state index in [4.69, 9.17) is 32.7 Å². The minimum atomic E-state index is -1.34. The molecule has 7 heteroatoms. The molecule has 0 atom stereocenters. The van der Waals surface area contributed by atoms with Crippen LogP contribution in [0.25, 0.3) is 0 Å². The second kappa shape index (κ2) is 5.50. The van der Waals surface area contributed by atoms with Crippen LogP contribution in [-0.2, 0) is 0 Å². The molecule has 1 aromatic carbocycles. The molecule has 0 aliphatic heterocycles. The smallest absolute Gasteiger partial charge is 0.143 e. The predicted molar refractivity (Wildman–Crippen MR) is 63.4 cm³/mol. The second-order valence-corrected chi connectivity index (χ2v) is 4.14. The average molecular weight is 265 g/mol. The second-order valence-electron chi connectivity index (χ2n) is 3.73. The summed E-state index contributed by atoms with van der Waals surface area (Å²) in [6.45, 7) is -1.56. The normalized spacial score (nSPS) is 11.6. The quantitative estimate of drug-likeness (QED) is 0.489. The zero-order valence-electron chi connectivity index (χ0n) is 8.95. The van der Waals surface area contributed by atoms with Gasteiger partial charge in [0.15, 0.2) is 0 Å². The Morgan fingerprint density at radius 3 is 2.24 bits per heavy atom. The summed E-state index contributed by atoms with van der Waals surface area (Å²) in [6, 6.07) is 2.24. The first-order valence-electron chi connectivity index (χ1n) is 4.83. The summed E-state index contributed by atoms with van der Waals surface area (Å²) < 4.78 is 13.1. The van der Waals surface area contributed by atoms with Gasteiger partial charge in [-0.15, -0.1) is 0 Å². The SMILES string of the molecule is Nc1cc(F)c(Cl)cc1NC(CO)(CO)CO. The van der Waals surface area contributed by atoms with Crippen LogP contribution in [0.1, 0.15) is 0 Å². The molecule has 0 unspecified atom stereocenters. The lowest BCUT2D eigenvalue weighted by Crippen LogP contribution is -2.49. The molecule has 5 nitrogen and oxygen atoms in total. The minimum absolute atomic E-state index is 0.0617. The van der Waals surface area contributed by atoms with Crippen LogP contribution >= 0.6 is 11.6 Å². The summed E-state index contributed by atoms with van der Waals surface area (Å²) in [6.07, 6.45) is 0. The fraction of sp³-hybridized carbons (Fsp3) is 0.400. The topological polar surface area (TPSA) is 98.7 Å². The van der Waals surface area contributed by atoms with Gasteiger partial charge in [0, 0.05) is 6.07 Å². The summed E-state index contributed by atoms with van der Waals surface area (Å²) in [7, 11) is 0. The molecular formula is C10H14ClFN2O3. The lowest BCUT2D eigenvalue weighted by molar-refractivity contribution is 0.0834. The molecule has 0 spiro atoms. The highest BCUT2D eigenvalue weighted by Gasteiger charge is 2.28. The standard InChI is InChI=1S/C10H14ClFN2O3/c11-6-1-9(8(13)2-7(6)12)14-10(3-15,4-16)5-17/h1-2,14-17H,3-5,13H2. The Bertz CT molecular complexity index is 391. The van der Waals surface area contributed by atoms with Gasteiger partial charge in [-0.2, -0.15) is 0 Å². The number of aliphatic hydroxyl groups is 3. The van der Waals surface area contributed by atoms with Gasteiger partial charge in [0.25, 0.3) is 0 Å². The third kappa shape index (κ3) is 2.98. The zero-order valence-corrected chi connectivity index (χ0v) is 9.71. The van der Waals surface area contributed by atoms with Crippen molar-refractivity contribution < 1.29 is 19.7 Å². The van der Waals surface area contributed by atoms with Gasteiger partial charge in [-0.25, -0.2) is 4.39 Å². The maximum absolute atomic E-state index is 13.1. The Labute approximate surface area is 103 Å². The largest absolute Gasteiger partial charge is 0.397 e. The highest BCUT2D eigenvalue weighted by molar-refractivity contribution is 6.31. The van der Waals surface area contributed by atoms with Crippen LogP contribution in [0.5, 0.6) is 0 Å². The van der Waals surface area contributed by atoms with Crippen molar-refractivity contribution >= 4 is 23.0 Å². The van der Waals surface area contributed by atoms with Crippen LogP contribution in [0.15, 0.2) is 12.1 Å². The molecule has 17 heavy (non-hydrogen) atoms. The highest BCUT2D eigenvalue weighted by Crippen LogP contribution is 2.28. The van der Waals surface area contributed by atoms with E-state index in [2.05, 4.69) is 5.32 Å². The number of benzene rings is 1. The van der Waals surface area contributed by atoms with Crippen molar-refractivity contribution in [3.8, 4) is 0 Å². The van der Waals surface area contributed by atoms with E-state index < -0.39 is 31.2 Å². The number of aliphatic hydroxyl groups excluding tert-OH is 3. The van der Waals surface area contributed by atoms with Gasteiger partial charge < -0.3 is 26.4 Å². The van der Waals surface area contributed by atoms with Gasteiger partial charge in [-0.05, 0) is 6.07 Å². The monoisotopic (exact) mass is 264 g/mol. The van der Waals surface area contributed by atoms with E-state index in [9.17, 15) is 4.39 Å². The molecule has 0 saturated heterocycles. The van der Waals surface area contributed by atoms with Crippen molar-refractivity contribution in [2.45, 2.75) is 5.54 Å². The van der Waals surface area contributed by atoms with Crippen molar-refractivity contribution in [3.05, 3.63) is 23.0 Å². The van der Waals surface area contributed by atoms with E-state index in [1.54, 1.807) is 0 Å². The van der Waals surface area contributed by atoms with Gasteiger partial charge >= 0.3 is 0 Å². The lowest BCUT2D eigenvalue weighted by atomic mass is 10.0. The Morgan fingerprint density at radius 1 is 1.24 bits per heavy atom. The van der Waals surface area contributed by atoms with E-state index in [0.29, 0.717) is 0 Å². The molecule has 1 rings (SSSR count). The molecule has 0 aromatic heterocycles. The Morgan fingerprint density at radius 2 is 1.76 bits per heavy atom. The van der Waals surface area contributed by atoms with Crippen molar-refractivity contribution in [3.63, 3.8) is 0 Å². The van der Waals surface area contributed by atoms with Crippen LogP contribution in [0, 0.1) is 5.82 Å². The van der Waals surface area contributed by atoms with Crippen molar-refractivity contribution in [2.75, 3.05) is 30.9 Å². The summed E-state index contributed by atoms with van der Waals surface area (Å²) in [4.78, 5) is 0. The first-order chi connectivity index (χ1) is 7.98. The molecule has 0 bridgehead atoms. The average Bonchev–Trinajstić information content (AvgIpc) is 2.33. The highest BCUT2D eigenvalue weighted by atomic mass is 35.5. The summed E-state index contributed by atoms with van der Waals surface area (Å²) in [5.74, 6) is -0.669. The van der Waals surface area contributed by atoms with Crippen LogP contribution in [0.4, 0.5) is 15.8 Å². The molecule has 1 aromatic rings. The lowest BCUT2D eigenvalue weighted by Gasteiger charge is -2.30. The van der Waals surface area contributed by atoms with Crippen LogP contribution in [0.3, 0.4) is 0 Å². The number of hydrogen-bond acceptors (Lipinski definition) is 5. The molecule has 96 valence electrons. The molecule has 0 heterocycles. The summed E-state index contributed by atoms with van der Waals surface area (Å²) in [5, 5.41) is 29.9. The Balaban J connectivity index is 3.05. The molecule has 0 radical (unpaired) electrons. The Kier molecular flexibility index (Phi) is 4.53. The fourth-order valence-corrected chi connectivity index (χ4v) is 1.39. The van der Waals surface area contributed by atoms with Gasteiger partial charge in [0.05, 0.1) is 36.2 Å². The predicted octanol–water partition coefficient (Wildman–Crippen LogP) is 0.189. The van der Waals surface area contributed by atoms with Crippen LogP contribution < -0.4 is 11.1 Å². The van der Waals surface area contributed by atoms with Crippen molar-refractivity contribution in [1.82, 2.24) is 0 Å². The number of rotatable bonds is 5. The first kappa shape index (κ1) is 14.0. The maximum Gasteiger partial charge on any atom is 0.143 e.